The third kappa shape index (κ3) is 2.75. The predicted octanol–water partition coefficient (Wildman–Crippen LogP) is 3.87. The molecule has 4 nitrogen and oxygen atoms in total. The molecule has 2 rings (SSSR count). The van der Waals surface area contributed by atoms with Gasteiger partial charge in [-0.05, 0) is 39.0 Å². The molecule has 0 radical (unpaired) electrons. The molecule has 0 aliphatic rings. The second-order valence-corrected chi connectivity index (χ2v) is 5.36. The van der Waals surface area contributed by atoms with Crippen LogP contribution in [-0.4, -0.2) is 16.9 Å². The van der Waals surface area contributed by atoms with Crippen molar-refractivity contribution in [3.05, 3.63) is 40.2 Å². The quantitative estimate of drug-likeness (QED) is 0.930. The Labute approximate surface area is 124 Å². The number of rotatable bonds is 4. The third-order valence-electron chi connectivity index (χ3n) is 3.53. The van der Waals surface area contributed by atoms with Crippen LogP contribution in [-0.2, 0) is 7.05 Å². The second kappa shape index (κ2) is 5.75. The van der Waals surface area contributed by atoms with E-state index < -0.39 is 0 Å². The maximum atomic E-state index is 6.09. The number of halogens is 1. The molecule has 5 heteroatoms. The summed E-state index contributed by atoms with van der Waals surface area (Å²) in [6, 6.07) is 5.72. The van der Waals surface area contributed by atoms with Crippen molar-refractivity contribution in [2.45, 2.75) is 26.8 Å². The summed E-state index contributed by atoms with van der Waals surface area (Å²) in [5.41, 5.74) is 4.18. The molecule has 0 saturated carbocycles. The second-order valence-electron chi connectivity index (χ2n) is 4.92. The van der Waals surface area contributed by atoms with Gasteiger partial charge in [0.1, 0.15) is 5.75 Å². The molecule has 1 N–H and O–H groups in total. The highest BCUT2D eigenvalue weighted by molar-refractivity contribution is 6.30. The van der Waals surface area contributed by atoms with Gasteiger partial charge in [-0.1, -0.05) is 11.6 Å². The first-order valence-electron chi connectivity index (χ1n) is 6.54. The Bertz CT molecular complexity index is 622. The van der Waals surface area contributed by atoms with E-state index in [1.165, 1.54) is 0 Å². The number of hydrogen-bond donors (Lipinski definition) is 1. The molecule has 0 unspecified atom stereocenters. The van der Waals surface area contributed by atoms with Crippen molar-refractivity contribution in [2.75, 3.05) is 12.4 Å². The summed E-state index contributed by atoms with van der Waals surface area (Å²) < 4.78 is 7.28. The lowest BCUT2D eigenvalue weighted by Gasteiger charge is -2.19. The van der Waals surface area contributed by atoms with Gasteiger partial charge in [0.15, 0.2) is 0 Å². The van der Waals surface area contributed by atoms with Gasteiger partial charge in [0.05, 0.1) is 30.2 Å². The normalized spacial score (nSPS) is 12.3. The van der Waals surface area contributed by atoms with E-state index in [1.54, 1.807) is 7.11 Å². The van der Waals surface area contributed by atoms with Crippen LogP contribution in [0.5, 0.6) is 5.75 Å². The Kier molecular flexibility index (Phi) is 4.23. The van der Waals surface area contributed by atoms with E-state index in [9.17, 15) is 0 Å². The average Bonchev–Trinajstić information content (AvgIpc) is 2.65. The van der Waals surface area contributed by atoms with Crippen molar-refractivity contribution in [2.24, 2.45) is 7.05 Å². The molecule has 108 valence electrons. The summed E-state index contributed by atoms with van der Waals surface area (Å²) in [6.45, 7) is 6.13. The number of aromatic nitrogens is 2. The summed E-state index contributed by atoms with van der Waals surface area (Å²) in [5, 5.41) is 8.61. The van der Waals surface area contributed by atoms with Gasteiger partial charge in [0.2, 0.25) is 0 Å². The fourth-order valence-electron chi connectivity index (χ4n) is 2.32. The Hall–Kier alpha value is -1.68. The van der Waals surface area contributed by atoms with Crippen LogP contribution in [0.4, 0.5) is 5.69 Å². The largest absolute Gasteiger partial charge is 0.496 e. The first kappa shape index (κ1) is 14.7. The number of ether oxygens (including phenoxy) is 1. The monoisotopic (exact) mass is 293 g/mol. The molecule has 2 aromatic rings. The van der Waals surface area contributed by atoms with Crippen molar-refractivity contribution in [1.82, 2.24) is 9.78 Å². The maximum Gasteiger partial charge on any atom is 0.124 e. The van der Waals surface area contributed by atoms with Gasteiger partial charge in [0.25, 0.3) is 0 Å². The standard InChI is InChI=1S/C15H20ClN3O/c1-9(13-8-12(16)6-7-14(13)20-5)17-15-10(2)18-19(4)11(15)3/h6-9,17H,1-5H3/t9-/m1/s1. The zero-order chi connectivity index (χ0) is 14.9. The van der Waals surface area contributed by atoms with Crippen LogP contribution in [0.2, 0.25) is 5.02 Å². The van der Waals surface area contributed by atoms with E-state index in [0.717, 1.165) is 28.4 Å². The fourth-order valence-corrected chi connectivity index (χ4v) is 2.50. The van der Waals surface area contributed by atoms with Crippen LogP contribution >= 0.6 is 11.6 Å². The molecular weight excluding hydrogens is 274 g/mol. The molecule has 1 heterocycles. The summed E-state index contributed by atoms with van der Waals surface area (Å²) in [4.78, 5) is 0. The highest BCUT2D eigenvalue weighted by Crippen LogP contribution is 2.31. The van der Waals surface area contributed by atoms with Gasteiger partial charge in [-0.3, -0.25) is 4.68 Å². The van der Waals surface area contributed by atoms with Crippen LogP contribution in [0, 0.1) is 13.8 Å². The van der Waals surface area contributed by atoms with Crippen molar-refractivity contribution < 1.29 is 4.74 Å². The van der Waals surface area contributed by atoms with E-state index in [-0.39, 0.29) is 6.04 Å². The molecule has 0 bridgehead atoms. The van der Waals surface area contributed by atoms with Crippen LogP contribution < -0.4 is 10.1 Å². The lowest BCUT2D eigenvalue weighted by atomic mass is 10.1. The minimum atomic E-state index is 0.0743. The van der Waals surface area contributed by atoms with Crippen molar-refractivity contribution in [3.8, 4) is 5.75 Å². The molecule has 1 aromatic heterocycles. The third-order valence-corrected chi connectivity index (χ3v) is 3.76. The number of hydrogen-bond acceptors (Lipinski definition) is 3. The molecule has 20 heavy (non-hydrogen) atoms. The molecule has 0 aliphatic heterocycles. The van der Waals surface area contributed by atoms with Gasteiger partial charge in [-0.2, -0.15) is 5.10 Å². The van der Waals surface area contributed by atoms with Gasteiger partial charge < -0.3 is 10.1 Å². The molecule has 1 atom stereocenters. The minimum Gasteiger partial charge on any atom is -0.496 e. The topological polar surface area (TPSA) is 39.1 Å². The summed E-state index contributed by atoms with van der Waals surface area (Å²) in [6.07, 6.45) is 0. The van der Waals surface area contributed by atoms with Gasteiger partial charge in [-0.25, -0.2) is 0 Å². The van der Waals surface area contributed by atoms with Crippen molar-refractivity contribution >= 4 is 17.3 Å². The molecule has 0 spiro atoms. The average molecular weight is 294 g/mol. The Balaban J connectivity index is 2.32. The van der Waals surface area contributed by atoms with E-state index in [1.807, 2.05) is 43.8 Å². The Morgan fingerprint density at radius 2 is 2.05 bits per heavy atom. The smallest absolute Gasteiger partial charge is 0.124 e. The number of aryl methyl sites for hydroxylation is 2. The number of methoxy groups -OCH3 is 1. The van der Waals surface area contributed by atoms with E-state index in [2.05, 4.69) is 17.3 Å². The molecule has 0 saturated heterocycles. The maximum absolute atomic E-state index is 6.09. The molecule has 0 aliphatic carbocycles. The molecule has 1 aromatic carbocycles. The molecular formula is C15H20ClN3O. The van der Waals surface area contributed by atoms with Crippen LogP contribution in [0.1, 0.15) is 29.9 Å². The Morgan fingerprint density at radius 1 is 1.35 bits per heavy atom. The van der Waals surface area contributed by atoms with Gasteiger partial charge in [0, 0.05) is 17.6 Å². The van der Waals surface area contributed by atoms with Gasteiger partial charge in [-0.15, -0.1) is 0 Å². The zero-order valence-corrected chi connectivity index (χ0v) is 13.2. The summed E-state index contributed by atoms with van der Waals surface area (Å²) in [7, 11) is 3.61. The summed E-state index contributed by atoms with van der Waals surface area (Å²) in [5.74, 6) is 0.827. The number of nitrogens with one attached hydrogen (secondary N) is 1. The van der Waals surface area contributed by atoms with E-state index >= 15 is 0 Å². The molecule has 0 amide bonds. The van der Waals surface area contributed by atoms with Crippen molar-refractivity contribution in [1.29, 1.82) is 0 Å². The minimum absolute atomic E-state index is 0.0743. The highest BCUT2D eigenvalue weighted by Gasteiger charge is 2.16. The first-order valence-corrected chi connectivity index (χ1v) is 6.92. The first-order chi connectivity index (χ1) is 9.43. The lowest BCUT2D eigenvalue weighted by Crippen LogP contribution is -2.09. The van der Waals surface area contributed by atoms with Crippen molar-refractivity contribution in [3.63, 3.8) is 0 Å². The number of nitrogens with zero attached hydrogens (tertiary/aromatic N) is 2. The highest BCUT2D eigenvalue weighted by atomic mass is 35.5. The van der Waals surface area contributed by atoms with Crippen LogP contribution in [0.3, 0.4) is 0 Å². The SMILES string of the molecule is COc1ccc(Cl)cc1[C@@H](C)Nc1c(C)nn(C)c1C. The number of benzene rings is 1. The number of anilines is 1. The lowest BCUT2D eigenvalue weighted by molar-refractivity contribution is 0.408. The fraction of sp³-hybridized carbons (Fsp3) is 0.400. The zero-order valence-electron chi connectivity index (χ0n) is 12.5. The van der Waals surface area contributed by atoms with E-state index in [4.69, 9.17) is 16.3 Å². The van der Waals surface area contributed by atoms with Crippen LogP contribution in [0.25, 0.3) is 0 Å². The predicted molar refractivity (Wildman–Crippen MR) is 82.7 cm³/mol. The Morgan fingerprint density at radius 3 is 2.60 bits per heavy atom. The summed E-state index contributed by atoms with van der Waals surface area (Å²) >= 11 is 6.09. The molecule has 0 fully saturated rings. The van der Waals surface area contributed by atoms with E-state index in [0.29, 0.717) is 5.02 Å². The van der Waals surface area contributed by atoms with Gasteiger partial charge >= 0.3 is 0 Å². The van der Waals surface area contributed by atoms with Crippen LogP contribution in [0.15, 0.2) is 18.2 Å².